The average Bonchev–Trinajstić information content (AvgIpc) is 3.18. The van der Waals surface area contributed by atoms with Crippen LogP contribution in [-0.4, -0.2) is 37.6 Å². The van der Waals surface area contributed by atoms with E-state index in [1.54, 1.807) is 6.92 Å². The number of imidazole rings is 1. The molecule has 0 spiro atoms. The van der Waals surface area contributed by atoms with Gasteiger partial charge in [0.15, 0.2) is 17.2 Å². The van der Waals surface area contributed by atoms with E-state index in [-0.39, 0.29) is 28.6 Å². The quantitative estimate of drug-likeness (QED) is 0.532. The number of nitrogens with zero attached hydrogens (tertiary/aromatic N) is 5. The molecule has 0 bridgehead atoms. The molecule has 1 aromatic carbocycles. The van der Waals surface area contributed by atoms with Crippen LogP contribution in [0.2, 0.25) is 0 Å². The van der Waals surface area contributed by atoms with Crippen molar-refractivity contribution in [2.45, 2.75) is 13.1 Å². The molecule has 8 nitrogen and oxygen atoms in total. The fraction of sp³-hybridized carbons (Fsp3) is 0.150. The summed E-state index contributed by atoms with van der Waals surface area (Å²) in [7, 11) is 1.38. The molecule has 0 aliphatic rings. The van der Waals surface area contributed by atoms with Crippen molar-refractivity contribution in [2.24, 2.45) is 0 Å². The Morgan fingerprint density at radius 3 is 2.61 bits per heavy atom. The number of aryl methyl sites for hydroxylation is 1. The van der Waals surface area contributed by atoms with Gasteiger partial charge in [-0.3, -0.25) is 4.79 Å². The van der Waals surface area contributed by atoms with Gasteiger partial charge in [-0.05, 0) is 24.6 Å². The first-order chi connectivity index (χ1) is 14.8. The predicted octanol–water partition coefficient (Wildman–Crippen LogP) is 3.77. The van der Waals surface area contributed by atoms with Gasteiger partial charge in [0.2, 0.25) is 0 Å². The Balaban J connectivity index is 1.80. The maximum atomic E-state index is 13.5. The number of carbonyl (C=O) groups is 1. The number of hydrogen-bond acceptors (Lipinski definition) is 6. The summed E-state index contributed by atoms with van der Waals surface area (Å²) in [5.74, 6) is -0.437. The lowest BCUT2D eigenvalue weighted by Gasteiger charge is -2.13. The molecule has 4 rings (SSSR count). The summed E-state index contributed by atoms with van der Waals surface area (Å²) >= 11 is 0. The van der Waals surface area contributed by atoms with E-state index in [9.17, 15) is 18.0 Å². The lowest BCUT2D eigenvalue weighted by atomic mass is 10.0. The van der Waals surface area contributed by atoms with Crippen molar-refractivity contribution in [3.63, 3.8) is 0 Å². The number of anilines is 1. The highest BCUT2D eigenvalue weighted by Crippen LogP contribution is 2.36. The second kappa shape index (κ2) is 7.67. The van der Waals surface area contributed by atoms with E-state index in [4.69, 9.17) is 4.74 Å². The first kappa shape index (κ1) is 20.3. The number of amides is 1. The Hall–Kier alpha value is -4.02. The number of ether oxygens (including phenoxy) is 1. The third-order valence-electron chi connectivity index (χ3n) is 4.48. The zero-order chi connectivity index (χ0) is 22.2. The third-order valence-corrected chi connectivity index (χ3v) is 4.48. The summed E-state index contributed by atoms with van der Waals surface area (Å²) in [6, 6.07) is 6.62. The Labute approximate surface area is 173 Å². The van der Waals surface area contributed by atoms with Gasteiger partial charge in [-0.1, -0.05) is 18.2 Å². The van der Waals surface area contributed by atoms with E-state index < -0.39 is 17.6 Å². The molecule has 0 aliphatic heterocycles. The summed E-state index contributed by atoms with van der Waals surface area (Å²) in [6.07, 6.45) is -0.495. The van der Waals surface area contributed by atoms with E-state index >= 15 is 0 Å². The number of carbonyl (C=O) groups excluding carboxylic acids is 1. The number of benzene rings is 1. The number of alkyl halides is 3. The van der Waals surface area contributed by atoms with Gasteiger partial charge in [0.05, 0.1) is 24.6 Å². The Bertz CT molecular complexity index is 1290. The van der Waals surface area contributed by atoms with Crippen molar-refractivity contribution in [1.82, 2.24) is 24.6 Å². The smallest absolute Gasteiger partial charge is 0.417 e. The fourth-order valence-corrected chi connectivity index (χ4v) is 3.09. The summed E-state index contributed by atoms with van der Waals surface area (Å²) in [5, 5.41) is 6.82. The molecule has 0 saturated heterocycles. The minimum absolute atomic E-state index is 0.0112. The van der Waals surface area contributed by atoms with Crippen LogP contribution in [0.5, 0.6) is 5.88 Å². The minimum atomic E-state index is -4.56. The normalized spacial score (nSPS) is 11.5. The molecule has 4 aromatic rings. The summed E-state index contributed by atoms with van der Waals surface area (Å²) in [6.45, 7) is 1.68. The minimum Gasteiger partial charge on any atom is -0.478 e. The van der Waals surface area contributed by atoms with Gasteiger partial charge in [0, 0.05) is 18.0 Å². The van der Waals surface area contributed by atoms with Crippen LogP contribution in [0.1, 0.15) is 21.6 Å². The molecular formula is C20H15F3N6O2. The van der Waals surface area contributed by atoms with Crippen LogP contribution in [0.4, 0.5) is 19.0 Å². The standard InChI is InChI=1S/C20H15F3N6O2/c1-11-9-14(12-5-3-4-6-13(12)20(21,22)23)28-29-15(10-26-17(11)29)18(30)27-16-19(31-2)25-8-7-24-16/h3-10H,1-2H3,(H,24,27,30). The average molecular weight is 428 g/mol. The first-order valence-electron chi connectivity index (χ1n) is 8.98. The van der Waals surface area contributed by atoms with E-state index in [0.717, 1.165) is 6.07 Å². The number of methoxy groups -OCH3 is 1. The molecule has 0 aliphatic carbocycles. The molecule has 1 N–H and O–H groups in total. The summed E-state index contributed by atoms with van der Waals surface area (Å²) in [5.41, 5.74) is 0.0362. The highest BCUT2D eigenvalue weighted by molar-refractivity contribution is 6.03. The second-order valence-corrected chi connectivity index (χ2v) is 6.50. The molecule has 3 aromatic heterocycles. The number of halogens is 3. The van der Waals surface area contributed by atoms with Crippen molar-refractivity contribution in [1.29, 1.82) is 0 Å². The molecule has 0 unspecified atom stereocenters. The number of nitrogens with one attached hydrogen (secondary N) is 1. The number of aromatic nitrogens is 5. The highest BCUT2D eigenvalue weighted by Gasteiger charge is 2.34. The van der Waals surface area contributed by atoms with Crippen LogP contribution in [0.25, 0.3) is 16.9 Å². The van der Waals surface area contributed by atoms with Crippen LogP contribution in [0.3, 0.4) is 0 Å². The van der Waals surface area contributed by atoms with E-state index in [1.165, 1.54) is 54.5 Å². The predicted molar refractivity (Wildman–Crippen MR) is 105 cm³/mol. The van der Waals surface area contributed by atoms with Crippen LogP contribution >= 0.6 is 0 Å². The van der Waals surface area contributed by atoms with Crippen LogP contribution in [0.15, 0.2) is 48.9 Å². The fourth-order valence-electron chi connectivity index (χ4n) is 3.09. The van der Waals surface area contributed by atoms with Gasteiger partial charge in [-0.15, -0.1) is 0 Å². The van der Waals surface area contributed by atoms with Gasteiger partial charge in [-0.2, -0.15) is 18.3 Å². The molecule has 0 saturated carbocycles. The summed E-state index contributed by atoms with van der Waals surface area (Å²) in [4.78, 5) is 25.0. The molecule has 31 heavy (non-hydrogen) atoms. The molecule has 0 atom stereocenters. The van der Waals surface area contributed by atoms with E-state index in [1.807, 2.05) is 0 Å². The van der Waals surface area contributed by atoms with E-state index in [0.29, 0.717) is 11.2 Å². The largest absolute Gasteiger partial charge is 0.478 e. The first-order valence-corrected chi connectivity index (χ1v) is 8.98. The maximum absolute atomic E-state index is 13.5. The van der Waals surface area contributed by atoms with Crippen molar-refractivity contribution >= 4 is 17.4 Å². The van der Waals surface area contributed by atoms with Crippen LogP contribution < -0.4 is 10.1 Å². The van der Waals surface area contributed by atoms with Crippen molar-refractivity contribution < 1.29 is 22.7 Å². The third kappa shape index (κ3) is 3.77. The number of rotatable bonds is 4. The number of hydrogen-bond donors (Lipinski definition) is 1. The lowest BCUT2D eigenvalue weighted by Crippen LogP contribution is -2.17. The Kier molecular flexibility index (Phi) is 5.01. The zero-order valence-electron chi connectivity index (χ0n) is 16.3. The molecule has 158 valence electrons. The Morgan fingerprint density at radius 2 is 1.87 bits per heavy atom. The van der Waals surface area contributed by atoms with Crippen molar-refractivity contribution in [3.05, 3.63) is 65.7 Å². The molecule has 1 amide bonds. The second-order valence-electron chi connectivity index (χ2n) is 6.50. The van der Waals surface area contributed by atoms with Crippen molar-refractivity contribution in [2.75, 3.05) is 12.4 Å². The van der Waals surface area contributed by atoms with E-state index in [2.05, 4.69) is 25.4 Å². The molecule has 3 heterocycles. The molecular weight excluding hydrogens is 413 g/mol. The van der Waals surface area contributed by atoms with Gasteiger partial charge >= 0.3 is 6.18 Å². The topological polar surface area (TPSA) is 94.3 Å². The highest BCUT2D eigenvalue weighted by atomic mass is 19.4. The molecule has 0 fully saturated rings. The SMILES string of the molecule is COc1nccnc1NC(=O)c1cnc2c(C)cc(-c3ccccc3C(F)(F)F)nn12. The zero-order valence-corrected chi connectivity index (χ0v) is 16.3. The van der Waals surface area contributed by atoms with Gasteiger partial charge in [0.25, 0.3) is 11.8 Å². The maximum Gasteiger partial charge on any atom is 0.417 e. The van der Waals surface area contributed by atoms with Gasteiger partial charge in [-0.25, -0.2) is 19.5 Å². The van der Waals surface area contributed by atoms with Gasteiger partial charge in [0.1, 0.15) is 0 Å². The van der Waals surface area contributed by atoms with Crippen LogP contribution in [0, 0.1) is 6.92 Å². The van der Waals surface area contributed by atoms with Gasteiger partial charge < -0.3 is 10.1 Å². The summed E-state index contributed by atoms with van der Waals surface area (Å²) < 4.78 is 46.7. The van der Waals surface area contributed by atoms with Crippen molar-refractivity contribution in [3.8, 4) is 17.1 Å². The lowest BCUT2D eigenvalue weighted by molar-refractivity contribution is -0.137. The van der Waals surface area contributed by atoms with Crippen LogP contribution in [-0.2, 0) is 6.18 Å². The Morgan fingerprint density at radius 1 is 1.13 bits per heavy atom. The molecule has 11 heteroatoms. The molecule has 0 radical (unpaired) electrons. The monoisotopic (exact) mass is 428 g/mol. The number of fused-ring (bicyclic) bond motifs is 1.